The number of carbonyl (C=O) groups is 1. The molecular formula is C14H19NO2. The van der Waals surface area contributed by atoms with Crippen LogP contribution in [-0.4, -0.2) is 17.6 Å². The highest BCUT2D eigenvalue weighted by Gasteiger charge is 1.98. The number of unbranched alkanes of at least 4 members (excludes halogenated alkanes) is 2. The largest absolute Gasteiger partial charge is 0.481 e. The fourth-order valence-corrected chi connectivity index (χ4v) is 1.55. The van der Waals surface area contributed by atoms with Gasteiger partial charge in [-0.15, -0.1) is 0 Å². The van der Waals surface area contributed by atoms with E-state index in [1.807, 2.05) is 24.3 Å². The molecule has 1 rings (SSSR count). The first-order valence-electron chi connectivity index (χ1n) is 5.89. The van der Waals surface area contributed by atoms with Crippen molar-refractivity contribution >= 4 is 12.0 Å². The molecule has 1 aromatic carbocycles. The summed E-state index contributed by atoms with van der Waals surface area (Å²) in [4.78, 5) is 10.5. The van der Waals surface area contributed by atoms with E-state index in [1.54, 1.807) is 0 Å². The van der Waals surface area contributed by atoms with Crippen LogP contribution < -0.4 is 5.73 Å². The van der Waals surface area contributed by atoms with Crippen LogP contribution in [0.1, 0.15) is 30.4 Å². The number of hydrogen-bond acceptors (Lipinski definition) is 2. The number of carboxylic acid groups (broad SMARTS) is 1. The van der Waals surface area contributed by atoms with Crippen molar-refractivity contribution in [1.29, 1.82) is 0 Å². The van der Waals surface area contributed by atoms with Crippen LogP contribution in [0.5, 0.6) is 0 Å². The summed E-state index contributed by atoms with van der Waals surface area (Å²) in [7, 11) is 0. The minimum Gasteiger partial charge on any atom is -0.481 e. The van der Waals surface area contributed by atoms with Gasteiger partial charge in [0, 0.05) is 0 Å². The molecule has 0 amide bonds. The maximum absolute atomic E-state index is 10.5. The third-order valence-corrected chi connectivity index (χ3v) is 2.47. The summed E-state index contributed by atoms with van der Waals surface area (Å²) in [5, 5.41) is 8.64. The summed E-state index contributed by atoms with van der Waals surface area (Å²) in [5.74, 6) is -0.796. The first kappa shape index (κ1) is 13.5. The Morgan fingerprint density at radius 1 is 1.24 bits per heavy atom. The van der Waals surface area contributed by atoms with Gasteiger partial charge in [0.2, 0.25) is 0 Å². The quantitative estimate of drug-likeness (QED) is 0.711. The third-order valence-electron chi connectivity index (χ3n) is 2.47. The number of benzene rings is 1. The molecule has 0 aliphatic carbocycles. The van der Waals surface area contributed by atoms with Gasteiger partial charge in [0.25, 0.3) is 0 Å². The van der Waals surface area contributed by atoms with Crippen molar-refractivity contribution in [3.05, 3.63) is 41.5 Å². The average Bonchev–Trinajstić information content (AvgIpc) is 2.30. The van der Waals surface area contributed by atoms with Crippen molar-refractivity contribution in [1.82, 2.24) is 0 Å². The molecule has 0 saturated carbocycles. The first-order chi connectivity index (χ1) is 8.22. The Morgan fingerprint density at radius 2 is 1.94 bits per heavy atom. The van der Waals surface area contributed by atoms with Crippen LogP contribution in [0.2, 0.25) is 0 Å². The Labute approximate surface area is 102 Å². The van der Waals surface area contributed by atoms with E-state index >= 15 is 0 Å². The second-order valence-corrected chi connectivity index (χ2v) is 4.00. The number of hydrogen-bond donors (Lipinski definition) is 2. The molecule has 0 saturated heterocycles. The Hall–Kier alpha value is -1.61. The molecule has 1 aromatic rings. The zero-order chi connectivity index (χ0) is 12.5. The molecule has 0 aromatic heterocycles. The highest BCUT2D eigenvalue weighted by atomic mass is 16.4. The molecule has 0 heterocycles. The van der Waals surface area contributed by atoms with Gasteiger partial charge in [-0.05, 0) is 36.9 Å². The number of nitrogens with two attached hydrogens (primary N) is 1. The van der Waals surface area contributed by atoms with Gasteiger partial charge in [0.15, 0.2) is 0 Å². The Morgan fingerprint density at radius 3 is 2.53 bits per heavy atom. The monoisotopic (exact) mass is 233 g/mol. The molecule has 0 atom stereocenters. The van der Waals surface area contributed by atoms with Gasteiger partial charge >= 0.3 is 5.97 Å². The summed E-state index contributed by atoms with van der Waals surface area (Å²) >= 11 is 0. The Kier molecular flexibility index (Phi) is 6.04. The molecule has 17 heavy (non-hydrogen) atoms. The number of rotatable bonds is 7. The first-order valence-corrected chi connectivity index (χ1v) is 5.89. The highest BCUT2D eigenvalue weighted by Crippen LogP contribution is 2.08. The van der Waals surface area contributed by atoms with Crippen LogP contribution in [0.25, 0.3) is 6.08 Å². The van der Waals surface area contributed by atoms with Gasteiger partial charge < -0.3 is 10.8 Å². The predicted molar refractivity (Wildman–Crippen MR) is 69.7 cm³/mol. The van der Waals surface area contributed by atoms with E-state index in [4.69, 9.17) is 10.8 Å². The zero-order valence-electron chi connectivity index (χ0n) is 9.93. The summed E-state index contributed by atoms with van der Waals surface area (Å²) in [6.07, 6.45) is 7.48. The summed E-state index contributed by atoms with van der Waals surface area (Å²) in [6, 6.07) is 7.59. The smallest absolute Gasteiger partial charge is 0.307 e. The number of allylic oxidation sites excluding steroid dienone is 1. The lowest BCUT2D eigenvalue weighted by Gasteiger charge is -1.98. The van der Waals surface area contributed by atoms with Crippen molar-refractivity contribution < 1.29 is 9.90 Å². The van der Waals surface area contributed by atoms with Crippen LogP contribution in [0.15, 0.2) is 30.3 Å². The van der Waals surface area contributed by atoms with Crippen molar-refractivity contribution in [2.45, 2.75) is 25.7 Å². The molecule has 0 fully saturated rings. The highest BCUT2D eigenvalue weighted by molar-refractivity contribution is 5.70. The molecule has 0 unspecified atom stereocenters. The number of aliphatic carboxylic acids is 1. The average molecular weight is 233 g/mol. The van der Waals surface area contributed by atoms with Gasteiger partial charge in [-0.1, -0.05) is 36.4 Å². The fraction of sp³-hybridized carbons (Fsp3) is 0.357. The lowest BCUT2D eigenvalue weighted by atomic mass is 10.1. The maximum atomic E-state index is 10.5. The van der Waals surface area contributed by atoms with E-state index < -0.39 is 5.97 Å². The van der Waals surface area contributed by atoms with Crippen LogP contribution in [0.3, 0.4) is 0 Å². The van der Waals surface area contributed by atoms with E-state index in [9.17, 15) is 4.79 Å². The van der Waals surface area contributed by atoms with Crippen LogP contribution in [0, 0.1) is 0 Å². The summed E-state index contributed by atoms with van der Waals surface area (Å²) in [6.45, 7) is 0.748. The van der Waals surface area contributed by atoms with E-state index in [2.05, 4.69) is 12.2 Å². The molecule has 3 heteroatoms. The van der Waals surface area contributed by atoms with Gasteiger partial charge in [0.1, 0.15) is 0 Å². The second-order valence-electron chi connectivity index (χ2n) is 4.00. The van der Waals surface area contributed by atoms with Gasteiger partial charge in [-0.3, -0.25) is 4.79 Å². The van der Waals surface area contributed by atoms with Crippen LogP contribution in [-0.2, 0) is 11.2 Å². The van der Waals surface area contributed by atoms with Gasteiger partial charge in [-0.2, -0.15) is 0 Å². The normalized spacial score (nSPS) is 10.9. The summed E-state index contributed by atoms with van der Waals surface area (Å²) in [5.41, 5.74) is 7.34. The Bertz CT molecular complexity index is 368. The molecule has 0 bridgehead atoms. The topological polar surface area (TPSA) is 63.3 Å². The molecular weight excluding hydrogens is 214 g/mol. The second kappa shape index (κ2) is 7.63. The standard InChI is InChI=1S/C14H19NO2/c15-10-4-2-1-3-5-12-6-8-13(9-7-12)11-14(16)17/h3,5-9H,1-2,4,10-11,15H2,(H,16,17). The van der Waals surface area contributed by atoms with E-state index in [0.717, 1.165) is 36.9 Å². The van der Waals surface area contributed by atoms with Crippen molar-refractivity contribution in [2.75, 3.05) is 6.54 Å². The molecule has 0 spiro atoms. The van der Waals surface area contributed by atoms with E-state index in [1.165, 1.54) is 0 Å². The predicted octanol–water partition coefficient (Wildman–Crippen LogP) is 2.46. The molecule has 0 aliphatic heterocycles. The lowest BCUT2D eigenvalue weighted by Crippen LogP contribution is -1.99. The minimum atomic E-state index is -0.796. The number of carboxylic acids is 1. The van der Waals surface area contributed by atoms with Crippen molar-refractivity contribution in [2.24, 2.45) is 5.73 Å². The molecule has 3 nitrogen and oxygen atoms in total. The maximum Gasteiger partial charge on any atom is 0.307 e. The molecule has 92 valence electrons. The van der Waals surface area contributed by atoms with E-state index in [0.29, 0.717) is 0 Å². The third kappa shape index (κ3) is 5.88. The molecule has 3 N–H and O–H groups in total. The van der Waals surface area contributed by atoms with Gasteiger partial charge in [-0.25, -0.2) is 0 Å². The van der Waals surface area contributed by atoms with Crippen LogP contribution in [0.4, 0.5) is 0 Å². The van der Waals surface area contributed by atoms with Crippen molar-refractivity contribution in [3.63, 3.8) is 0 Å². The van der Waals surface area contributed by atoms with Crippen molar-refractivity contribution in [3.8, 4) is 0 Å². The lowest BCUT2D eigenvalue weighted by molar-refractivity contribution is -0.136. The van der Waals surface area contributed by atoms with Gasteiger partial charge in [0.05, 0.1) is 6.42 Å². The SMILES string of the molecule is NCCCCC=Cc1ccc(CC(=O)O)cc1. The van der Waals surface area contributed by atoms with Crippen LogP contribution >= 0.6 is 0 Å². The Balaban J connectivity index is 2.42. The molecule has 0 aliphatic rings. The fourth-order valence-electron chi connectivity index (χ4n) is 1.55. The van der Waals surface area contributed by atoms with E-state index in [-0.39, 0.29) is 6.42 Å². The summed E-state index contributed by atoms with van der Waals surface area (Å²) < 4.78 is 0. The molecule has 0 radical (unpaired) electrons. The minimum absolute atomic E-state index is 0.0838. The zero-order valence-corrected chi connectivity index (χ0v) is 9.93.